The summed E-state index contributed by atoms with van der Waals surface area (Å²) in [5.41, 5.74) is 1.69. The molecule has 0 saturated carbocycles. The second-order valence-electron chi connectivity index (χ2n) is 5.75. The predicted octanol–water partition coefficient (Wildman–Crippen LogP) is 4.98. The van der Waals surface area contributed by atoms with Gasteiger partial charge in [0.1, 0.15) is 5.78 Å². The van der Waals surface area contributed by atoms with Crippen molar-refractivity contribution in [2.24, 2.45) is 4.99 Å². The number of hydrogen-bond donors (Lipinski definition) is 1. The van der Waals surface area contributed by atoms with Crippen LogP contribution in [0.1, 0.15) is 70.3 Å². The number of unbranched alkanes of at least 4 members (excludes halogenated alkanes) is 6. The quantitative estimate of drug-likeness (QED) is 0.437. The number of benzene rings is 1. The third kappa shape index (κ3) is 8.73. The molecule has 0 bridgehead atoms. The van der Waals surface area contributed by atoms with E-state index in [-0.39, 0.29) is 12.4 Å². The molecule has 1 N–H and O–H groups in total. The van der Waals surface area contributed by atoms with Crippen LogP contribution in [0.15, 0.2) is 29.3 Å². The van der Waals surface area contributed by atoms with Crippen LogP contribution < -0.4 is 0 Å². The molecule has 0 aromatic heterocycles. The first-order chi connectivity index (χ1) is 10.8. The van der Waals surface area contributed by atoms with Crippen LogP contribution in [0.2, 0.25) is 0 Å². The van der Waals surface area contributed by atoms with Gasteiger partial charge in [-0.1, -0.05) is 57.6 Å². The minimum atomic E-state index is 0.0426. The summed E-state index contributed by atoms with van der Waals surface area (Å²) in [6.07, 6.45) is 11.4. The van der Waals surface area contributed by atoms with Crippen LogP contribution in [0, 0.1) is 0 Å². The molecule has 3 heteroatoms. The lowest BCUT2D eigenvalue weighted by Crippen LogP contribution is -1.98. The summed E-state index contributed by atoms with van der Waals surface area (Å²) in [5, 5.41) is 8.96. The number of aliphatic hydroxyl groups is 1. The van der Waals surface area contributed by atoms with Crippen LogP contribution in [0.5, 0.6) is 0 Å². The Kier molecular flexibility index (Phi) is 10.2. The van der Waals surface area contributed by atoms with E-state index >= 15 is 0 Å². The van der Waals surface area contributed by atoms with Crippen molar-refractivity contribution in [3.63, 3.8) is 0 Å². The number of Topliss-reactive ketones (excluding diaryl/α,β-unsaturated/α-hetero) is 1. The number of rotatable bonds is 12. The average Bonchev–Trinajstić information content (AvgIpc) is 2.54. The van der Waals surface area contributed by atoms with Gasteiger partial charge >= 0.3 is 0 Å². The van der Waals surface area contributed by atoms with E-state index in [4.69, 9.17) is 5.11 Å². The Morgan fingerprint density at radius 3 is 2.32 bits per heavy atom. The van der Waals surface area contributed by atoms with Gasteiger partial charge in [0.25, 0.3) is 0 Å². The zero-order valence-electron chi connectivity index (χ0n) is 13.8. The maximum atomic E-state index is 11.7. The van der Waals surface area contributed by atoms with Crippen LogP contribution in [0.3, 0.4) is 0 Å². The molecule has 22 heavy (non-hydrogen) atoms. The molecule has 0 aliphatic rings. The normalized spacial score (nSPS) is 11.2. The van der Waals surface area contributed by atoms with Crippen molar-refractivity contribution in [3.8, 4) is 0 Å². The molecule has 0 unspecified atom stereocenters. The molecule has 0 aliphatic carbocycles. The summed E-state index contributed by atoms with van der Waals surface area (Å²) in [4.78, 5) is 16.0. The fraction of sp³-hybridized carbons (Fsp3) is 0.579. The molecular weight excluding hydrogens is 274 g/mol. The SMILES string of the molecule is CCCCCCCCCC(=O)CC=Nc1ccc(CO)cc1. The molecule has 1 aromatic rings. The van der Waals surface area contributed by atoms with E-state index in [1.54, 1.807) is 6.21 Å². The molecule has 3 nitrogen and oxygen atoms in total. The first-order valence-electron chi connectivity index (χ1n) is 8.50. The Labute approximate surface area is 134 Å². The summed E-state index contributed by atoms with van der Waals surface area (Å²) in [5.74, 6) is 0.268. The van der Waals surface area contributed by atoms with Crippen molar-refractivity contribution in [1.82, 2.24) is 0 Å². The number of aliphatic imine (C=N–C) groups is 1. The van der Waals surface area contributed by atoms with Crippen molar-refractivity contribution >= 4 is 17.7 Å². The summed E-state index contributed by atoms with van der Waals surface area (Å²) >= 11 is 0. The van der Waals surface area contributed by atoms with Gasteiger partial charge in [-0.05, 0) is 24.1 Å². The van der Waals surface area contributed by atoms with Crippen LogP contribution >= 0.6 is 0 Å². The van der Waals surface area contributed by atoms with Crippen molar-refractivity contribution in [2.45, 2.75) is 71.3 Å². The molecule has 0 atom stereocenters. The first-order valence-corrected chi connectivity index (χ1v) is 8.50. The molecule has 0 fully saturated rings. The van der Waals surface area contributed by atoms with E-state index < -0.39 is 0 Å². The van der Waals surface area contributed by atoms with Crippen molar-refractivity contribution in [3.05, 3.63) is 29.8 Å². The number of nitrogens with zero attached hydrogens (tertiary/aromatic N) is 1. The molecule has 0 radical (unpaired) electrons. The molecule has 1 rings (SSSR count). The van der Waals surface area contributed by atoms with E-state index in [1.807, 2.05) is 24.3 Å². The monoisotopic (exact) mass is 303 g/mol. The molecule has 0 saturated heterocycles. The molecule has 1 aromatic carbocycles. The minimum absolute atomic E-state index is 0.0426. The van der Waals surface area contributed by atoms with Gasteiger partial charge in [0, 0.05) is 19.1 Å². The second kappa shape index (κ2) is 12.1. The lowest BCUT2D eigenvalue weighted by atomic mass is 10.1. The maximum absolute atomic E-state index is 11.7. The third-order valence-electron chi connectivity index (χ3n) is 3.74. The Morgan fingerprint density at radius 1 is 1.05 bits per heavy atom. The highest BCUT2D eigenvalue weighted by Gasteiger charge is 2.00. The molecule has 0 aliphatic heterocycles. The zero-order valence-corrected chi connectivity index (χ0v) is 13.8. The van der Waals surface area contributed by atoms with E-state index in [0.717, 1.165) is 24.1 Å². The lowest BCUT2D eigenvalue weighted by Gasteiger charge is -2.00. The second-order valence-corrected chi connectivity index (χ2v) is 5.75. The van der Waals surface area contributed by atoms with Gasteiger partial charge in [-0.25, -0.2) is 0 Å². The van der Waals surface area contributed by atoms with Crippen molar-refractivity contribution in [2.75, 3.05) is 0 Å². The third-order valence-corrected chi connectivity index (χ3v) is 3.74. The number of carbonyl (C=O) groups excluding carboxylic acids is 1. The summed E-state index contributed by atoms with van der Waals surface area (Å²) < 4.78 is 0. The predicted molar refractivity (Wildman–Crippen MR) is 92.8 cm³/mol. The topological polar surface area (TPSA) is 49.7 Å². The average molecular weight is 303 g/mol. The number of carbonyl (C=O) groups is 1. The van der Waals surface area contributed by atoms with E-state index in [1.165, 1.54) is 32.1 Å². The Balaban J connectivity index is 2.10. The highest BCUT2D eigenvalue weighted by molar-refractivity contribution is 5.91. The molecule has 0 spiro atoms. The molecule has 0 amide bonds. The van der Waals surface area contributed by atoms with Crippen molar-refractivity contribution < 1.29 is 9.90 Å². The molecule has 122 valence electrons. The van der Waals surface area contributed by atoms with E-state index in [0.29, 0.717) is 12.8 Å². The Hall–Kier alpha value is -1.48. The summed E-state index contributed by atoms with van der Waals surface area (Å²) in [6.45, 7) is 2.27. The van der Waals surface area contributed by atoms with Gasteiger partial charge in [-0.2, -0.15) is 0 Å². The van der Waals surface area contributed by atoms with Gasteiger partial charge in [-0.3, -0.25) is 9.79 Å². The number of aliphatic hydroxyl groups excluding tert-OH is 1. The largest absolute Gasteiger partial charge is 0.392 e. The van der Waals surface area contributed by atoms with Gasteiger partial charge in [0.05, 0.1) is 12.3 Å². The summed E-state index contributed by atoms with van der Waals surface area (Å²) in [6, 6.07) is 7.38. The first kappa shape index (κ1) is 18.6. The van der Waals surface area contributed by atoms with Crippen LogP contribution in [-0.4, -0.2) is 17.1 Å². The molecule has 0 heterocycles. The summed E-state index contributed by atoms with van der Waals surface area (Å²) in [7, 11) is 0. The van der Waals surface area contributed by atoms with Crippen LogP contribution in [0.4, 0.5) is 5.69 Å². The van der Waals surface area contributed by atoms with E-state index in [9.17, 15) is 4.79 Å². The lowest BCUT2D eigenvalue weighted by molar-refractivity contribution is -0.117. The van der Waals surface area contributed by atoms with Crippen molar-refractivity contribution in [1.29, 1.82) is 0 Å². The molecular formula is C19H29NO2. The highest BCUT2D eigenvalue weighted by Crippen LogP contribution is 2.13. The Bertz CT molecular complexity index is 437. The van der Waals surface area contributed by atoms with Crippen LogP contribution in [0.25, 0.3) is 0 Å². The van der Waals surface area contributed by atoms with E-state index in [2.05, 4.69) is 11.9 Å². The van der Waals surface area contributed by atoms with Gasteiger partial charge < -0.3 is 5.11 Å². The fourth-order valence-electron chi connectivity index (χ4n) is 2.32. The minimum Gasteiger partial charge on any atom is -0.392 e. The van der Waals surface area contributed by atoms with Gasteiger partial charge in [0.2, 0.25) is 0 Å². The standard InChI is InChI=1S/C19H29NO2/c1-2-3-4-5-6-7-8-9-19(22)14-15-20-18-12-10-17(16-21)11-13-18/h10-13,15,21H,2-9,14,16H2,1H3. The zero-order chi connectivity index (χ0) is 16.0. The Morgan fingerprint density at radius 2 is 1.68 bits per heavy atom. The smallest absolute Gasteiger partial charge is 0.138 e. The van der Waals surface area contributed by atoms with Gasteiger partial charge in [0.15, 0.2) is 0 Å². The fourth-order valence-corrected chi connectivity index (χ4v) is 2.32. The number of ketones is 1. The van der Waals surface area contributed by atoms with Gasteiger partial charge in [-0.15, -0.1) is 0 Å². The highest BCUT2D eigenvalue weighted by atomic mass is 16.3. The number of hydrogen-bond acceptors (Lipinski definition) is 3. The van der Waals surface area contributed by atoms with Crippen LogP contribution in [-0.2, 0) is 11.4 Å². The maximum Gasteiger partial charge on any atom is 0.138 e.